The first-order valence-electron chi connectivity index (χ1n) is 8.10. The van der Waals surface area contributed by atoms with Crippen LogP contribution in [-0.2, 0) is 22.6 Å². The number of carbonyl (C=O) groups is 1. The topological polar surface area (TPSA) is 88.1 Å². The van der Waals surface area contributed by atoms with Crippen molar-refractivity contribution in [3.05, 3.63) is 56.5 Å². The quantitative estimate of drug-likeness (QED) is 0.631. The Morgan fingerprint density at radius 2 is 1.88 bits per heavy atom. The van der Waals surface area contributed by atoms with Gasteiger partial charge in [-0.3, -0.25) is 14.2 Å². The van der Waals surface area contributed by atoms with Crippen molar-refractivity contribution in [3.8, 4) is 5.69 Å². The Balaban J connectivity index is 2.30. The molecule has 2 aromatic heterocycles. The summed E-state index contributed by atoms with van der Waals surface area (Å²) in [6.07, 6.45) is 1.36. The highest BCUT2D eigenvalue weighted by Crippen LogP contribution is 2.16. The van der Waals surface area contributed by atoms with Crippen LogP contribution in [0, 0.1) is 0 Å². The molecule has 0 saturated heterocycles. The van der Waals surface area contributed by atoms with Crippen LogP contribution in [0.3, 0.4) is 0 Å². The molecule has 0 unspecified atom stereocenters. The van der Waals surface area contributed by atoms with Gasteiger partial charge in [-0.15, -0.1) is 0 Å². The molecule has 3 aromatic rings. The highest BCUT2D eigenvalue weighted by atomic mass is 35.5. The highest BCUT2D eigenvalue weighted by molar-refractivity contribution is 6.30. The zero-order valence-electron chi connectivity index (χ0n) is 14.3. The van der Waals surface area contributed by atoms with Crippen LogP contribution in [0.25, 0.3) is 16.9 Å². The monoisotopic (exact) mass is 376 g/mol. The first kappa shape index (κ1) is 17.9. The second kappa shape index (κ2) is 7.17. The van der Waals surface area contributed by atoms with Crippen LogP contribution in [0.5, 0.6) is 0 Å². The van der Waals surface area contributed by atoms with Crippen molar-refractivity contribution < 1.29 is 9.53 Å². The summed E-state index contributed by atoms with van der Waals surface area (Å²) in [5, 5.41) is 0.523. The van der Waals surface area contributed by atoms with Crippen LogP contribution < -0.4 is 11.2 Å². The zero-order valence-corrected chi connectivity index (χ0v) is 15.1. The maximum Gasteiger partial charge on any atom is 0.337 e. The smallest absolute Gasteiger partial charge is 0.337 e. The second-order valence-corrected chi connectivity index (χ2v) is 5.93. The van der Waals surface area contributed by atoms with Gasteiger partial charge in [0.15, 0.2) is 11.2 Å². The molecule has 0 atom stereocenters. The summed E-state index contributed by atoms with van der Waals surface area (Å²) >= 11 is 5.92. The molecule has 0 aliphatic heterocycles. The van der Waals surface area contributed by atoms with Crippen molar-refractivity contribution in [1.29, 1.82) is 0 Å². The average Bonchev–Trinajstić information content (AvgIpc) is 3.00. The number of rotatable bonds is 5. The second-order valence-electron chi connectivity index (χ2n) is 5.49. The molecule has 136 valence electrons. The first-order chi connectivity index (χ1) is 12.5. The molecule has 9 heteroatoms. The number of fused-ring (bicyclic) bond motifs is 1. The van der Waals surface area contributed by atoms with E-state index in [4.69, 9.17) is 16.3 Å². The van der Waals surface area contributed by atoms with Gasteiger partial charge in [-0.25, -0.2) is 14.3 Å². The molecule has 0 amide bonds. The van der Waals surface area contributed by atoms with Crippen LogP contribution in [0.4, 0.5) is 0 Å². The Morgan fingerprint density at radius 3 is 2.50 bits per heavy atom. The van der Waals surface area contributed by atoms with E-state index in [1.165, 1.54) is 15.5 Å². The molecular weight excluding hydrogens is 360 g/mol. The van der Waals surface area contributed by atoms with Crippen LogP contribution in [0.1, 0.15) is 13.8 Å². The van der Waals surface area contributed by atoms with Gasteiger partial charge in [0.2, 0.25) is 0 Å². The van der Waals surface area contributed by atoms with Crippen molar-refractivity contribution in [2.45, 2.75) is 26.9 Å². The summed E-state index contributed by atoms with van der Waals surface area (Å²) in [5.41, 5.74) is -0.146. The molecule has 0 bridgehead atoms. The molecule has 2 heterocycles. The lowest BCUT2D eigenvalue weighted by Gasteiger charge is -2.11. The summed E-state index contributed by atoms with van der Waals surface area (Å²) in [6, 6.07) is 6.62. The minimum Gasteiger partial charge on any atom is -0.465 e. The van der Waals surface area contributed by atoms with Crippen LogP contribution in [-0.4, -0.2) is 31.3 Å². The number of imidazole rings is 1. The lowest BCUT2D eigenvalue weighted by Crippen LogP contribution is -2.39. The summed E-state index contributed by atoms with van der Waals surface area (Å²) in [7, 11) is 0. The third-order valence-electron chi connectivity index (χ3n) is 3.91. The number of nitrogens with zero attached hydrogens (tertiary/aromatic N) is 4. The lowest BCUT2D eigenvalue weighted by atomic mass is 10.3. The Hall–Kier alpha value is -2.87. The van der Waals surface area contributed by atoms with Crippen LogP contribution >= 0.6 is 11.6 Å². The van der Waals surface area contributed by atoms with Gasteiger partial charge in [0, 0.05) is 11.6 Å². The van der Waals surface area contributed by atoms with E-state index in [-0.39, 0.29) is 30.9 Å². The number of halogens is 1. The summed E-state index contributed by atoms with van der Waals surface area (Å²) < 4.78 is 8.76. The standard InChI is InChI=1S/C17H17ClN4O4/c1-3-21-16(24)14-15(19-10-20(14)9-13(23)26-4-2)22(17(21)25)12-7-5-11(18)6-8-12/h5-8,10H,3-4,9H2,1-2H3. The summed E-state index contributed by atoms with van der Waals surface area (Å²) in [6.45, 7) is 3.66. The van der Waals surface area contributed by atoms with E-state index >= 15 is 0 Å². The molecule has 1 aromatic carbocycles. The fourth-order valence-corrected chi connectivity index (χ4v) is 2.87. The van der Waals surface area contributed by atoms with Gasteiger partial charge < -0.3 is 9.30 Å². The van der Waals surface area contributed by atoms with Gasteiger partial charge >= 0.3 is 11.7 Å². The van der Waals surface area contributed by atoms with Gasteiger partial charge in [-0.2, -0.15) is 0 Å². The van der Waals surface area contributed by atoms with E-state index < -0.39 is 17.2 Å². The minimum atomic E-state index is -0.506. The normalized spacial score (nSPS) is 11.0. The Labute approximate surface area is 153 Å². The summed E-state index contributed by atoms with van der Waals surface area (Å²) in [5.74, 6) is -0.488. The Kier molecular flexibility index (Phi) is 4.94. The van der Waals surface area contributed by atoms with E-state index in [0.717, 1.165) is 4.57 Å². The maximum atomic E-state index is 12.8. The molecule has 0 fully saturated rings. The van der Waals surface area contributed by atoms with Crippen molar-refractivity contribution >= 4 is 28.7 Å². The highest BCUT2D eigenvalue weighted by Gasteiger charge is 2.19. The Bertz CT molecular complexity index is 1080. The molecule has 0 aliphatic rings. The molecule has 8 nitrogen and oxygen atoms in total. The predicted octanol–water partition coefficient (Wildman–Crippen LogP) is 1.59. The number of esters is 1. The third kappa shape index (κ3) is 3.03. The molecule has 0 spiro atoms. The molecule has 0 radical (unpaired) electrons. The number of ether oxygens (including phenoxy) is 1. The van der Waals surface area contributed by atoms with Crippen molar-refractivity contribution in [1.82, 2.24) is 18.7 Å². The van der Waals surface area contributed by atoms with Gasteiger partial charge in [0.1, 0.15) is 6.54 Å². The lowest BCUT2D eigenvalue weighted by molar-refractivity contribution is -0.143. The summed E-state index contributed by atoms with van der Waals surface area (Å²) in [4.78, 5) is 41.6. The molecular formula is C17H17ClN4O4. The molecule has 3 rings (SSSR count). The number of carbonyl (C=O) groups excluding carboxylic acids is 1. The van der Waals surface area contributed by atoms with Gasteiger partial charge in [-0.1, -0.05) is 11.6 Å². The number of aromatic nitrogens is 4. The fraction of sp³-hybridized carbons (Fsp3) is 0.294. The van der Waals surface area contributed by atoms with Crippen molar-refractivity contribution in [3.63, 3.8) is 0 Å². The van der Waals surface area contributed by atoms with Gasteiger partial charge in [0.05, 0.1) is 18.6 Å². The van der Waals surface area contributed by atoms with Crippen LogP contribution in [0.2, 0.25) is 5.02 Å². The predicted molar refractivity (Wildman–Crippen MR) is 96.9 cm³/mol. The molecule has 0 aliphatic carbocycles. The zero-order chi connectivity index (χ0) is 18.8. The third-order valence-corrected chi connectivity index (χ3v) is 4.16. The SMILES string of the molecule is CCOC(=O)Cn1cnc2c1c(=O)n(CC)c(=O)n2-c1ccc(Cl)cc1. The maximum absolute atomic E-state index is 12.8. The molecule has 0 N–H and O–H groups in total. The largest absolute Gasteiger partial charge is 0.465 e. The van der Waals surface area contributed by atoms with E-state index in [1.807, 2.05) is 0 Å². The van der Waals surface area contributed by atoms with Gasteiger partial charge in [0.25, 0.3) is 5.56 Å². The molecule has 0 saturated carbocycles. The minimum absolute atomic E-state index is 0.162. The molecule has 26 heavy (non-hydrogen) atoms. The van der Waals surface area contributed by atoms with E-state index in [1.54, 1.807) is 38.1 Å². The van der Waals surface area contributed by atoms with Crippen LogP contribution in [0.15, 0.2) is 40.2 Å². The van der Waals surface area contributed by atoms with Crippen molar-refractivity contribution in [2.75, 3.05) is 6.61 Å². The van der Waals surface area contributed by atoms with E-state index in [9.17, 15) is 14.4 Å². The van der Waals surface area contributed by atoms with E-state index in [2.05, 4.69) is 4.98 Å². The fourth-order valence-electron chi connectivity index (χ4n) is 2.75. The van der Waals surface area contributed by atoms with E-state index in [0.29, 0.717) is 10.7 Å². The first-order valence-corrected chi connectivity index (χ1v) is 8.48. The van der Waals surface area contributed by atoms with Crippen molar-refractivity contribution in [2.24, 2.45) is 0 Å². The Morgan fingerprint density at radius 1 is 1.19 bits per heavy atom. The van der Waals surface area contributed by atoms with Gasteiger partial charge in [-0.05, 0) is 38.1 Å². The average molecular weight is 377 g/mol. The number of hydrogen-bond acceptors (Lipinski definition) is 5. The number of hydrogen-bond donors (Lipinski definition) is 0. The number of benzene rings is 1.